The minimum absolute atomic E-state index is 0. The first-order chi connectivity index (χ1) is 8.63. The summed E-state index contributed by atoms with van der Waals surface area (Å²) in [5.41, 5.74) is -0.236. The first kappa shape index (κ1) is 16.2. The summed E-state index contributed by atoms with van der Waals surface area (Å²) in [4.78, 5) is 11.2. The molecule has 0 saturated carbocycles. The summed E-state index contributed by atoms with van der Waals surface area (Å²) in [6.45, 7) is 2.23. The fraction of sp³-hybridized carbons (Fsp3) is 0.364. The SMILES string of the molecule is CCCOc1ccc2c(c1C(=O)[O-])OB(O)CO2.[Na+]. The molecule has 2 rings (SSSR count). The molecule has 0 atom stereocenters. The van der Waals surface area contributed by atoms with Gasteiger partial charge in [-0.3, -0.25) is 0 Å². The molecule has 8 heteroatoms. The first-order valence-corrected chi connectivity index (χ1v) is 5.62. The summed E-state index contributed by atoms with van der Waals surface area (Å²) in [5.74, 6) is -1.09. The number of carboxylic acids is 1. The molecule has 1 N–H and O–H groups in total. The summed E-state index contributed by atoms with van der Waals surface area (Å²) in [6, 6.07) is 3.03. The van der Waals surface area contributed by atoms with Crippen LogP contribution in [0.1, 0.15) is 23.7 Å². The van der Waals surface area contributed by atoms with Crippen LogP contribution in [0.15, 0.2) is 12.1 Å². The van der Waals surface area contributed by atoms with Crippen molar-refractivity contribution in [3.63, 3.8) is 0 Å². The molecule has 0 aromatic heterocycles. The van der Waals surface area contributed by atoms with Crippen molar-refractivity contribution in [3.05, 3.63) is 17.7 Å². The van der Waals surface area contributed by atoms with E-state index in [1.54, 1.807) is 6.07 Å². The Morgan fingerprint density at radius 2 is 2.32 bits per heavy atom. The monoisotopic (exact) mass is 274 g/mol. The van der Waals surface area contributed by atoms with Crippen molar-refractivity contribution in [1.29, 1.82) is 0 Å². The Kier molecular flexibility index (Phi) is 6.00. The summed E-state index contributed by atoms with van der Waals surface area (Å²) in [6.07, 6.45) is 0.740. The molecule has 0 unspecified atom stereocenters. The zero-order valence-electron chi connectivity index (χ0n) is 10.8. The molecular formula is C11H12BNaO6. The Morgan fingerprint density at radius 3 is 2.95 bits per heavy atom. The van der Waals surface area contributed by atoms with Crippen LogP contribution >= 0.6 is 0 Å². The summed E-state index contributed by atoms with van der Waals surface area (Å²) < 4.78 is 15.5. The van der Waals surface area contributed by atoms with E-state index in [-0.39, 0.29) is 58.9 Å². The average Bonchev–Trinajstić information content (AvgIpc) is 2.34. The number of ether oxygens (including phenoxy) is 2. The van der Waals surface area contributed by atoms with Gasteiger partial charge in [0.15, 0.2) is 11.5 Å². The normalized spacial score (nSPS) is 12.6. The van der Waals surface area contributed by atoms with Gasteiger partial charge >= 0.3 is 36.7 Å². The van der Waals surface area contributed by atoms with Gasteiger partial charge in [-0.2, -0.15) is 0 Å². The smallest absolute Gasteiger partial charge is 0.545 e. The zero-order valence-corrected chi connectivity index (χ0v) is 12.8. The maximum Gasteiger partial charge on any atom is 1.00 e. The molecule has 0 spiro atoms. The maximum absolute atomic E-state index is 11.2. The van der Waals surface area contributed by atoms with Gasteiger partial charge in [0.2, 0.25) is 0 Å². The van der Waals surface area contributed by atoms with Crippen LogP contribution in [0.4, 0.5) is 0 Å². The molecule has 1 aliphatic heterocycles. The minimum atomic E-state index is -1.43. The number of aromatic carboxylic acids is 1. The molecule has 0 bridgehead atoms. The predicted molar refractivity (Wildman–Crippen MR) is 60.7 cm³/mol. The van der Waals surface area contributed by atoms with Crippen molar-refractivity contribution in [2.45, 2.75) is 13.3 Å². The second kappa shape index (κ2) is 7.05. The minimum Gasteiger partial charge on any atom is -0.545 e. The van der Waals surface area contributed by atoms with E-state index in [1.807, 2.05) is 6.92 Å². The molecule has 0 amide bonds. The van der Waals surface area contributed by atoms with Crippen LogP contribution in [0, 0.1) is 0 Å². The van der Waals surface area contributed by atoms with Crippen LogP contribution in [0.25, 0.3) is 0 Å². The molecular weight excluding hydrogens is 262 g/mol. The molecule has 0 fully saturated rings. The van der Waals surface area contributed by atoms with Gasteiger partial charge in [-0.05, 0) is 18.6 Å². The van der Waals surface area contributed by atoms with E-state index in [0.29, 0.717) is 6.61 Å². The Bertz CT molecular complexity index is 467. The number of carbonyl (C=O) groups excluding carboxylic acids is 1. The van der Waals surface area contributed by atoms with Crippen molar-refractivity contribution in [2.75, 3.05) is 13.1 Å². The average molecular weight is 274 g/mol. The van der Waals surface area contributed by atoms with Gasteiger partial charge in [-0.25, -0.2) is 0 Å². The molecule has 19 heavy (non-hydrogen) atoms. The number of carbonyl (C=O) groups is 1. The van der Waals surface area contributed by atoms with E-state index in [0.717, 1.165) is 6.42 Å². The Labute approximate surface area is 133 Å². The quantitative estimate of drug-likeness (QED) is 0.577. The topological polar surface area (TPSA) is 88.1 Å². The summed E-state index contributed by atoms with van der Waals surface area (Å²) >= 11 is 0. The van der Waals surface area contributed by atoms with E-state index in [4.69, 9.17) is 14.1 Å². The first-order valence-electron chi connectivity index (χ1n) is 5.62. The molecule has 1 aromatic carbocycles. The van der Waals surface area contributed by atoms with Crippen LogP contribution in [0.3, 0.4) is 0 Å². The zero-order chi connectivity index (χ0) is 13.1. The van der Waals surface area contributed by atoms with Crippen molar-refractivity contribution >= 4 is 13.1 Å². The van der Waals surface area contributed by atoms with Gasteiger partial charge in [0.25, 0.3) is 0 Å². The number of carboxylic acid groups (broad SMARTS) is 1. The molecule has 0 aliphatic carbocycles. The largest absolute Gasteiger partial charge is 1.00 e. The van der Waals surface area contributed by atoms with Crippen molar-refractivity contribution in [1.82, 2.24) is 0 Å². The van der Waals surface area contributed by atoms with Gasteiger partial charge in [-0.15, -0.1) is 0 Å². The molecule has 0 radical (unpaired) electrons. The molecule has 6 nitrogen and oxygen atoms in total. The summed E-state index contributed by atoms with van der Waals surface area (Å²) in [5, 5.41) is 20.5. The van der Waals surface area contributed by atoms with E-state index in [1.165, 1.54) is 6.07 Å². The van der Waals surface area contributed by atoms with Gasteiger partial charge in [0, 0.05) is 0 Å². The number of hydrogen-bond acceptors (Lipinski definition) is 6. The Morgan fingerprint density at radius 1 is 1.58 bits per heavy atom. The van der Waals surface area contributed by atoms with Crippen LogP contribution in [0.2, 0.25) is 0 Å². The van der Waals surface area contributed by atoms with Crippen LogP contribution in [-0.4, -0.2) is 31.2 Å². The molecule has 96 valence electrons. The Hall–Kier alpha value is -0.885. The molecule has 1 aromatic rings. The van der Waals surface area contributed by atoms with E-state index in [2.05, 4.69) is 0 Å². The van der Waals surface area contributed by atoms with E-state index >= 15 is 0 Å². The third kappa shape index (κ3) is 3.57. The van der Waals surface area contributed by atoms with Crippen LogP contribution < -0.4 is 48.8 Å². The fourth-order valence-corrected chi connectivity index (χ4v) is 1.63. The predicted octanol–water partition coefficient (Wildman–Crippen LogP) is -3.37. The van der Waals surface area contributed by atoms with E-state index in [9.17, 15) is 14.9 Å². The third-order valence-electron chi connectivity index (χ3n) is 2.38. The van der Waals surface area contributed by atoms with Gasteiger partial charge < -0.3 is 29.1 Å². The molecule has 0 saturated heterocycles. The number of hydrogen-bond donors (Lipinski definition) is 1. The number of rotatable bonds is 4. The van der Waals surface area contributed by atoms with E-state index < -0.39 is 13.1 Å². The second-order valence-corrected chi connectivity index (χ2v) is 3.79. The van der Waals surface area contributed by atoms with Crippen LogP contribution in [-0.2, 0) is 0 Å². The van der Waals surface area contributed by atoms with Crippen molar-refractivity contribution in [3.8, 4) is 17.2 Å². The van der Waals surface area contributed by atoms with Gasteiger partial charge in [-0.1, -0.05) is 6.92 Å². The van der Waals surface area contributed by atoms with Gasteiger partial charge in [0.1, 0.15) is 12.3 Å². The second-order valence-electron chi connectivity index (χ2n) is 3.79. The fourth-order valence-electron chi connectivity index (χ4n) is 1.63. The molecule has 1 aliphatic rings. The number of benzene rings is 1. The molecule has 1 heterocycles. The number of fused-ring (bicyclic) bond motifs is 1. The standard InChI is InChI=1S/C11H13BO6.Na/c1-2-5-16-7-3-4-8-10(9(7)11(13)14)18-12(15)6-17-8;/h3-4,15H,2,5-6H2,1H3,(H,13,14);/q;+1/p-1. The van der Waals surface area contributed by atoms with Crippen molar-refractivity contribution < 1.29 is 58.6 Å². The van der Waals surface area contributed by atoms with Crippen LogP contribution in [0.5, 0.6) is 17.2 Å². The Balaban J connectivity index is 0.00000180. The van der Waals surface area contributed by atoms with Gasteiger partial charge in [0.05, 0.1) is 18.1 Å². The summed E-state index contributed by atoms with van der Waals surface area (Å²) in [7, 11) is -1.20. The van der Waals surface area contributed by atoms with Crippen molar-refractivity contribution in [2.24, 2.45) is 0 Å². The maximum atomic E-state index is 11.2. The third-order valence-corrected chi connectivity index (χ3v) is 2.38.